The van der Waals surface area contributed by atoms with Crippen LogP contribution in [0.1, 0.15) is 30.2 Å². The standard InChI is InChI=1S/C17H21ClN2S/c1-4-13(19)10-14-15(18)6-5-7-16(14)21-17-9-11(2)8-12(3)20-17/h5-9,13H,4,10,19H2,1-3H3. The van der Waals surface area contributed by atoms with Gasteiger partial charge in [0.25, 0.3) is 0 Å². The molecule has 1 unspecified atom stereocenters. The summed E-state index contributed by atoms with van der Waals surface area (Å²) in [6, 6.07) is 10.3. The molecule has 1 aromatic carbocycles. The Balaban J connectivity index is 2.32. The Morgan fingerprint density at radius 2 is 2.05 bits per heavy atom. The molecule has 21 heavy (non-hydrogen) atoms. The van der Waals surface area contributed by atoms with Crippen molar-refractivity contribution in [2.75, 3.05) is 0 Å². The minimum Gasteiger partial charge on any atom is -0.327 e. The highest BCUT2D eigenvalue weighted by molar-refractivity contribution is 7.99. The number of benzene rings is 1. The average molecular weight is 321 g/mol. The van der Waals surface area contributed by atoms with Crippen LogP contribution >= 0.6 is 23.4 Å². The Kier molecular flexibility index (Phi) is 5.68. The number of hydrogen-bond donors (Lipinski definition) is 1. The van der Waals surface area contributed by atoms with Gasteiger partial charge < -0.3 is 5.73 Å². The van der Waals surface area contributed by atoms with Crippen molar-refractivity contribution in [1.82, 2.24) is 4.98 Å². The number of nitrogens with zero attached hydrogens (tertiary/aromatic N) is 1. The third-order valence-electron chi connectivity index (χ3n) is 3.36. The van der Waals surface area contributed by atoms with Gasteiger partial charge in [-0.05, 0) is 62.1 Å². The number of halogens is 1. The fourth-order valence-electron chi connectivity index (χ4n) is 2.21. The third-order valence-corrected chi connectivity index (χ3v) is 4.73. The molecule has 2 N–H and O–H groups in total. The molecule has 0 aliphatic rings. The maximum atomic E-state index is 6.37. The van der Waals surface area contributed by atoms with Gasteiger partial charge in [0.1, 0.15) is 5.03 Å². The maximum Gasteiger partial charge on any atom is 0.101 e. The molecule has 1 atom stereocenters. The first-order chi connectivity index (χ1) is 9.99. The molecule has 2 aromatic rings. The Bertz CT molecular complexity index is 608. The lowest BCUT2D eigenvalue weighted by molar-refractivity contribution is 0.641. The van der Waals surface area contributed by atoms with E-state index >= 15 is 0 Å². The summed E-state index contributed by atoms with van der Waals surface area (Å²) in [5.74, 6) is 0. The largest absolute Gasteiger partial charge is 0.327 e. The molecule has 0 amide bonds. The SMILES string of the molecule is CCC(N)Cc1c(Cl)cccc1Sc1cc(C)cc(C)n1. The zero-order valence-corrected chi connectivity index (χ0v) is 14.3. The Labute approximate surface area is 136 Å². The van der Waals surface area contributed by atoms with E-state index in [0.29, 0.717) is 0 Å². The predicted octanol–water partition coefficient (Wildman–Crippen LogP) is 4.78. The molecule has 0 spiro atoms. The van der Waals surface area contributed by atoms with Gasteiger partial charge in [-0.25, -0.2) is 4.98 Å². The maximum absolute atomic E-state index is 6.37. The van der Waals surface area contributed by atoms with Crippen LogP contribution in [0.2, 0.25) is 5.02 Å². The van der Waals surface area contributed by atoms with Gasteiger partial charge in [-0.2, -0.15) is 0 Å². The van der Waals surface area contributed by atoms with Crippen molar-refractivity contribution in [2.45, 2.75) is 49.6 Å². The minimum atomic E-state index is 0.136. The number of pyridine rings is 1. The summed E-state index contributed by atoms with van der Waals surface area (Å²) in [6.45, 7) is 6.20. The summed E-state index contributed by atoms with van der Waals surface area (Å²) in [6.07, 6.45) is 1.74. The van der Waals surface area contributed by atoms with Crippen LogP contribution in [0.3, 0.4) is 0 Å². The van der Waals surface area contributed by atoms with Gasteiger partial charge in [0.05, 0.1) is 0 Å². The number of aromatic nitrogens is 1. The van der Waals surface area contributed by atoms with Crippen molar-refractivity contribution in [3.05, 3.63) is 52.2 Å². The average Bonchev–Trinajstić information content (AvgIpc) is 2.41. The van der Waals surface area contributed by atoms with Crippen LogP contribution in [0.25, 0.3) is 0 Å². The molecule has 0 bridgehead atoms. The van der Waals surface area contributed by atoms with E-state index in [-0.39, 0.29) is 6.04 Å². The van der Waals surface area contributed by atoms with Crippen LogP contribution in [0.4, 0.5) is 0 Å². The second-order valence-corrected chi connectivity index (χ2v) is 6.78. The molecule has 0 radical (unpaired) electrons. The zero-order chi connectivity index (χ0) is 15.4. The Hall–Kier alpha value is -1.03. The topological polar surface area (TPSA) is 38.9 Å². The van der Waals surface area contributed by atoms with Crippen LogP contribution in [-0.2, 0) is 6.42 Å². The van der Waals surface area contributed by atoms with E-state index in [1.807, 2.05) is 19.1 Å². The van der Waals surface area contributed by atoms with Crippen LogP contribution in [-0.4, -0.2) is 11.0 Å². The molecule has 0 aliphatic heterocycles. The van der Waals surface area contributed by atoms with E-state index in [1.54, 1.807) is 11.8 Å². The lowest BCUT2D eigenvalue weighted by Crippen LogP contribution is -2.21. The molecule has 1 aromatic heterocycles. The number of nitrogens with two attached hydrogens (primary N) is 1. The smallest absolute Gasteiger partial charge is 0.101 e. The van der Waals surface area contributed by atoms with Crippen molar-refractivity contribution in [3.63, 3.8) is 0 Å². The van der Waals surface area contributed by atoms with Gasteiger partial charge >= 0.3 is 0 Å². The van der Waals surface area contributed by atoms with Crippen molar-refractivity contribution in [3.8, 4) is 0 Å². The third kappa shape index (κ3) is 4.47. The van der Waals surface area contributed by atoms with E-state index in [4.69, 9.17) is 17.3 Å². The van der Waals surface area contributed by atoms with Gasteiger partial charge in [-0.3, -0.25) is 0 Å². The first-order valence-corrected chi connectivity index (χ1v) is 8.35. The molecular formula is C17H21ClN2S. The first-order valence-electron chi connectivity index (χ1n) is 7.15. The number of hydrogen-bond acceptors (Lipinski definition) is 3. The van der Waals surface area contributed by atoms with Crippen LogP contribution < -0.4 is 5.73 Å². The Morgan fingerprint density at radius 1 is 1.29 bits per heavy atom. The van der Waals surface area contributed by atoms with Gasteiger partial charge in [-0.15, -0.1) is 0 Å². The van der Waals surface area contributed by atoms with E-state index in [9.17, 15) is 0 Å². The highest BCUT2D eigenvalue weighted by atomic mass is 35.5. The summed E-state index contributed by atoms with van der Waals surface area (Å²) < 4.78 is 0. The van der Waals surface area contributed by atoms with Crippen LogP contribution in [0.5, 0.6) is 0 Å². The second kappa shape index (κ2) is 7.30. The molecule has 0 aliphatic carbocycles. The lowest BCUT2D eigenvalue weighted by Gasteiger charge is -2.15. The first kappa shape index (κ1) is 16.3. The number of aryl methyl sites for hydroxylation is 2. The van der Waals surface area contributed by atoms with Crippen molar-refractivity contribution in [1.29, 1.82) is 0 Å². The van der Waals surface area contributed by atoms with Crippen LogP contribution in [0.15, 0.2) is 40.3 Å². The summed E-state index contributed by atoms with van der Waals surface area (Å²) in [7, 11) is 0. The fourth-order valence-corrected chi connectivity index (χ4v) is 3.64. The number of rotatable bonds is 5. The van der Waals surface area contributed by atoms with E-state index < -0.39 is 0 Å². The summed E-state index contributed by atoms with van der Waals surface area (Å²) in [5, 5.41) is 1.79. The predicted molar refractivity (Wildman–Crippen MR) is 91.3 cm³/mol. The fraction of sp³-hybridized carbons (Fsp3) is 0.353. The lowest BCUT2D eigenvalue weighted by atomic mass is 10.0. The van der Waals surface area contributed by atoms with Crippen molar-refractivity contribution >= 4 is 23.4 Å². The van der Waals surface area contributed by atoms with Gasteiger partial charge in [0, 0.05) is 21.7 Å². The Morgan fingerprint density at radius 3 is 2.71 bits per heavy atom. The van der Waals surface area contributed by atoms with E-state index in [0.717, 1.165) is 39.0 Å². The molecule has 1 heterocycles. The highest BCUT2D eigenvalue weighted by Crippen LogP contribution is 2.34. The quantitative estimate of drug-likeness (QED) is 0.861. The highest BCUT2D eigenvalue weighted by Gasteiger charge is 2.12. The summed E-state index contributed by atoms with van der Waals surface area (Å²) in [4.78, 5) is 5.73. The second-order valence-electron chi connectivity index (χ2n) is 5.32. The molecule has 0 saturated heterocycles. The normalized spacial score (nSPS) is 12.4. The molecule has 112 valence electrons. The van der Waals surface area contributed by atoms with Gasteiger partial charge in [-0.1, -0.05) is 36.4 Å². The molecule has 2 rings (SSSR count). The summed E-state index contributed by atoms with van der Waals surface area (Å²) >= 11 is 8.03. The van der Waals surface area contributed by atoms with Gasteiger partial charge in [0.2, 0.25) is 0 Å². The van der Waals surface area contributed by atoms with Crippen LogP contribution in [0, 0.1) is 13.8 Å². The van der Waals surface area contributed by atoms with E-state index in [1.165, 1.54) is 5.56 Å². The van der Waals surface area contributed by atoms with E-state index in [2.05, 4.69) is 37.0 Å². The van der Waals surface area contributed by atoms with Crippen molar-refractivity contribution in [2.24, 2.45) is 5.73 Å². The van der Waals surface area contributed by atoms with Gasteiger partial charge in [0.15, 0.2) is 0 Å². The molecule has 0 saturated carbocycles. The molecular weight excluding hydrogens is 300 g/mol. The monoisotopic (exact) mass is 320 g/mol. The zero-order valence-electron chi connectivity index (χ0n) is 12.7. The summed E-state index contributed by atoms with van der Waals surface area (Å²) in [5.41, 5.74) is 9.48. The molecule has 2 nitrogen and oxygen atoms in total. The van der Waals surface area contributed by atoms with Crippen molar-refractivity contribution < 1.29 is 0 Å². The minimum absolute atomic E-state index is 0.136. The molecule has 4 heteroatoms. The molecule has 0 fully saturated rings.